The predicted molar refractivity (Wildman–Crippen MR) is 128 cm³/mol. The number of nitrogens with one attached hydrogen (secondary N) is 1. The molecule has 4 rings (SSSR count). The fourth-order valence-corrected chi connectivity index (χ4v) is 4.28. The van der Waals surface area contributed by atoms with Crippen molar-refractivity contribution in [2.24, 2.45) is 0 Å². The molecule has 0 spiro atoms. The number of benzene rings is 2. The number of carbonyl (C=O) groups is 1. The van der Waals surface area contributed by atoms with Gasteiger partial charge in [0.05, 0.1) is 5.75 Å². The number of carbonyl (C=O) groups excluding carboxylic acids is 1. The molecule has 0 unspecified atom stereocenters. The molecule has 1 amide bonds. The molecule has 0 aliphatic rings. The number of nitrogens with zero attached hydrogens (tertiary/aromatic N) is 4. The van der Waals surface area contributed by atoms with E-state index in [1.165, 1.54) is 11.8 Å². The molecule has 0 atom stereocenters. The summed E-state index contributed by atoms with van der Waals surface area (Å²) in [4.78, 5) is 17.0. The van der Waals surface area contributed by atoms with Crippen molar-refractivity contribution in [1.29, 1.82) is 0 Å². The van der Waals surface area contributed by atoms with Crippen molar-refractivity contribution >= 4 is 50.9 Å². The van der Waals surface area contributed by atoms with E-state index in [1.54, 1.807) is 18.3 Å². The number of hydrogen-bond acceptors (Lipinski definition) is 5. The highest BCUT2D eigenvalue weighted by molar-refractivity contribution is 9.10. The molecule has 0 radical (unpaired) electrons. The average molecular weight is 515 g/mol. The van der Waals surface area contributed by atoms with Gasteiger partial charge < -0.3 is 5.32 Å². The van der Waals surface area contributed by atoms with Crippen molar-refractivity contribution in [3.05, 3.63) is 81.9 Å². The predicted octanol–water partition coefficient (Wildman–Crippen LogP) is 5.78. The lowest BCUT2D eigenvalue weighted by atomic mass is 10.2. The van der Waals surface area contributed by atoms with Gasteiger partial charge in [0.1, 0.15) is 5.69 Å². The first-order valence-electron chi connectivity index (χ1n) is 9.33. The van der Waals surface area contributed by atoms with Crippen LogP contribution in [0.4, 0.5) is 5.69 Å². The molecule has 156 valence electrons. The largest absolute Gasteiger partial charge is 0.325 e. The third-order valence-electron chi connectivity index (χ3n) is 4.41. The third kappa shape index (κ3) is 5.15. The highest BCUT2D eigenvalue weighted by Gasteiger charge is 2.18. The maximum absolute atomic E-state index is 12.6. The first kappa shape index (κ1) is 21.5. The van der Waals surface area contributed by atoms with Crippen molar-refractivity contribution in [2.45, 2.75) is 12.1 Å². The van der Waals surface area contributed by atoms with Gasteiger partial charge in [0, 0.05) is 27.1 Å². The van der Waals surface area contributed by atoms with Gasteiger partial charge in [-0.3, -0.25) is 14.3 Å². The van der Waals surface area contributed by atoms with Gasteiger partial charge in [0.25, 0.3) is 0 Å². The van der Waals surface area contributed by atoms with E-state index in [4.69, 9.17) is 11.6 Å². The lowest BCUT2D eigenvalue weighted by Crippen LogP contribution is -2.15. The third-order valence-corrected chi connectivity index (χ3v) is 6.08. The van der Waals surface area contributed by atoms with Crippen LogP contribution in [0.1, 0.15) is 5.56 Å². The normalized spacial score (nSPS) is 10.8. The molecule has 0 fully saturated rings. The molecular formula is C22H17BrClN5OS. The summed E-state index contributed by atoms with van der Waals surface area (Å²) < 4.78 is 2.84. The number of hydrogen-bond donors (Lipinski definition) is 1. The minimum absolute atomic E-state index is 0.125. The van der Waals surface area contributed by atoms with Crippen LogP contribution < -0.4 is 5.32 Å². The van der Waals surface area contributed by atoms with Crippen LogP contribution in [0.3, 0.4) is 0 Å². The zero-order chi connectivity index (χ0) is 21.8. The first-order chi connectivity index (χ1) is 15.0. The Balaban J connectivity index is 1.58. The molecule has 0 saturated heterocycles. The number of aromatic nitrogens is 4. The van der Waals surface area contributed by atoms with Gasteiger partial charge in [0.15, 0.2) is 11.0 Å². The Hall–Kier alpha value is -2.68. The summed E-state index contributed by atoms with van der Waals surface area (Å²) >= 11 is 10.8. The standard InChI is InChI=1S/C22H17BrClN5OS/c1-14-12-15(23)5-10-18(14)26-20(30)13-31-22-28-27-21(19-4-2-3-11-25-19)29(22)17-8-6-16(24)7-9-17/h2-12H,13H2,1H3,(H,26,30). The van der Waals surface area contributed by atoms with Crippen molar-refractivity contribution in [3.8, 4) is 17.2 Å². The van der Waals surface area contributed by atoms with Crippen LogP contribution in [-0.2, 0) is 4.79 Å². The fourth-order valence-electron chi connectivity index (χ4n) is 2.93. The van der Waals surface area contributed by atoms with E-state index in [-0.39, 0.29) is 11.7 Å². The van der Waals surface area contributed by atoms with Crippen LogP contribution in [0.2, 0.25) is 5.02 Å². The first-order valence-corrected chi connectivity index (χ1v) is 11.5. The van der Waals surface area contributed by atoms with Gasteiger partial charge in [0.2, 0.25) is 5.91 Å². The molecule has 0 aliphatic carbocycles. The maximum atomic E-state index is 12.6. The van der Waals surface area contributed by atoms with Crippen LogP contribution in [0, 0.1) is 6.92 Å². The number of pyridine rings is 1. The summed E-state index contributed by atoms with van der Waals surface area (Å²) in [6, 6.07) is 18.7. The second-order valence-electron chi connectivity index (χ2n) is 6.63. The Morgan fingerprint density at radius 2 is 1.94 bits per heavy atom. The maximum Gasteiger partial charge on any atom is 0.234 e. The van der Waals surface area contributed by atoms with E-state index in [9.17, 15) is 4.79 Å². The molecule has 0 aliphatic heterocycles. The monoisotopic (exact) mass is 513 g/mol. The van der Waals surface area contributed by atoms with Gasteiger partial charge in [-0.1, -0.05) is 45.4 Å². The highest BCUT2D eigenvalue weighted by atomic mass is 79.9. The van der Waals surface area contributed by atoms with Crippen molar-refractivity contribution in [2.75, 3.05) is 11.1 Å². The molecular weight excluding hydrogens is 498 g/mol. The molecule has 2 aromatic heterocycles. The number of aryl methyl sites for hydroxylation is 1. The summed E-state index contributed by atoms with van der Waals surface area (Å²) in [5, 5.41) is 12.8. The van der Waals surface area contributed by atoms with Gasteiger partial charge >= 0.3 is 0 Å². The zero-order valence-corrected chi connectivity index (χ0v) is 19.6. The van der Waals surface area contributed by atoms with Crippen molar-refractivity contribution in [1.82, 2.24) is 19.7 Å². The van der Waals surface area contributed by atoms with E-state index in [1.807, 2.05) is 60.0 Å². The summed E-state index contributed by atoms with van der Waals surface area (Å²) in [6.07, 6.45) is 1.71. The number of thioether (sulfide) groups is 1. The molecule has 0 saturated carbocycles. The fraction of sp³-hybridized carbons (Fsp3) is 0.0909. The summed E-state index contributed by atoms with van der Waals surface area (Å²) in [6.45, 7) is 1.95. The molecule has 9 heteroatoms. The lowest BCUT2D eigenvalue weighted by molar-refractivity contribution is -0.113. The summed E-state index contributed by atoms with van der Waals surface area (Å²) in [5.74, 6) is 0.652. The second kappa shape index (κ2) is 9.64. The van der Waals surface area contributed by atoms with Gasteiger partial charge in [-0.15, -0.1) is 10.2 Å². The smallest absolute Gasteiger partial charge is 0.234 e. The lowest BCUT2D eigenvalue weighted by Gasteiger charge is -2.11. The number of halogens is 2. The molecule has 1 N–H and O–H groups in total. The van der Waals surface area contributed by atoms with Crippen LogP contribution in [0.25, 0.3) is 17.2 Å². The molecule has 4 aromatic rings. The molecule has 2 heterocycles. The van der Waals surface area contributed by atoms with Crippen molar-refractivity contribution < 1.29 is 4.79 Å². The van der Waals surface area contributed by atoms with Crippen LogP contribution in [0.5, 0.6) is 0 Å². The SMILES string of the molecule is Cc1cc(Br)ccc1NC(=O)CSc1nnc(-c2ccccn2)n1-c1ccc(Cl)cc1. The second-order valence-corrected chi connectivity index (χ2v) is 8.92. The topological polar surface area (TPSA) is 72.7 Å². The Morgan fingerprint density at radius 1 is 1.13 bits per heavy atom. The number of amides is 1. The average Bonchev–Trinajstić information content (AvgIpc) is 3.19. The quantitative estimate of drug-likeness (QED) is 0.330. The molecule has 0 bridgehead atoms. The Kier molecular flexibility index (Phi) is 6.70. The highest BCUT2D eigenvalue weighted by Crippen LogP contribution is 2.28. The molecule has 6 nitrogen and oxygen atoms in total. The van der Waals surface area contributed by atoms with Crippen LogP contribution >= 0.6 is 39.3 Å². The summed E-state index contributed by atoms with van der Waals surface area (Å²) in [7, 11) is 0. The number of rotatable bonds is 6. The van der Waals surface area contributed by atoms with E-state index in [2.05, 4.69) is 36.4 Å². The Bertz CT molecular complexity index is 1210. The van der Waals surface area contributed by atoms with E-state index < -0.39 is 0 Å². The Morgan fingerprint density at radius 3 is 2.65 bits per heavy atom. The minimum atomic E-state index is -0.125. The van der Waals surface area contributed by atoms with Gasteiger partial charge in [-0.2, -0.15) is 0 Å². The van der Waals surface area contributed by atoms with E-state index >= 15 is 0 Å². The number of anilines is 1. The van der Waals surface area contributed by atoms with Gasteiger partial charge in [-0.25, -0.2) is 0 Å². The Labute approximate surface area is 197 Å². The van der Waals surface area contributed by atoms with Crippen LogP contribution in [0.15, 0.2) is 76.5 Å². The minimum Gasteiger partial charge on any atom is -0.325 e. The molecule has 31 heavy (non-hydrogen) atoms. The van der Waals surface area contributed by atoms with Crippen LogP contribution in [-0.4, -0.2) is 31.4 Å². The summed E-state index contributed by atoms with van der Waals surface area (Å²) in [5.41, 5.74) is 3.28. The van der Waals surface area contributed by atoms with Crippen molar-refractivity contribution in [3.63, 3.8) is 0 Å². The van der Waals surface area contributed by atoms with Gasteiger partial charge in [-0.05, 0) is 67.1 Å². The molecule has 2 aromatic carbocycles. The van der Waals surface area contributed by atoms with E-state index in [0.29, 0.717) is 21.7 Å². The van der Waals surface area contributed by atoms with E-state index in [0.717, 1.165) is 21.4 Å². The zero-order valence-electron chi connectivity index (χ0n) is 16.4.